The molecule has 2 saturated heterocycles. The number of anilines is 2. The molecule has 0 saturated carbocycles. The number of aromatic carboxylic acids is 2. The van der Waals surface area contributed by atoms with Crippen molar-refractivity contribution in [1.82, 2.24) is 29.1 Å². The van der Waals surface area contributed by atoms with Crippen molar-refractivity contribution in [3.63, 3.8) is 0 Å². The number of carboxylic acids is 2. The van der Waals surface area contributed by atoms with Gasteiger partial charge in [-0.15, -0.1) is 0 Å². The minimum atomic E-state index is -1.47. The number of hydrogen-bond acceptors (Lipinski definition) is 14. The van der Waals surface area contributed by atoms with Gasteiger partial charge in [0.25, 0.3) is 0 Å². The minimum absolute atomic E-state index is 0.0406. The first kappa shape index (κ1) is 47.7. The fraction of sp³-hybridized carbons (Fsp3) is 0.354. The minimum Gasteiger partial charge on any atom is -0.493 e. The Kier molecular flexibility index (Phi) is 14.2. The summed E-state index contributed by atoms with van der Waals surface area (Å²) in [6.45, 7) is 8.75. The zero-order valence-corrected chi connectivity index (χ0v) is 37.9. The molecule has 4 heterocycles. The number of rotatable bonds is 18. The van der Waals surface area contributed by atoms with Crippen LogP contribution in [-0.4, -0.2) is 109 Å². The van der Waals surface area contributed by atoms with Crippen LogP contribution in [0.4, 0.5) is 25.0 Å². The summed E-state index contributed by atoms with van der Waals surface area (Å²) in [5, 5.41) is 27.1. The fourth-order valence-electron chi connectivity index (χ4n) is 8.79. The summed E-state index contributed by atoms with van der Waals surface area (Å²) >= 11 is 0. The van der Waals surface area contributed by atoms with Crippen LogP contribution in [0.3, 0.4) is 0 Å². The molecule has 21 heteroatoms. The molecule has 2 aliphatic heterocycles. The second kappa shape index (κ2) is 20.6. The van der Waals surface area contributed by atoms with Crippen molar-refractivity contribution in [3.8, 4) is 17.2 Å². The standard InChI is InChI=1S/C48H50F2N8O11/c1-4-43(30(2)67-47(64)69-31(3)68-38-14-15-39(44(59)60)40(22-38)45(61)62)58-46(63)57(29-53-58)36-8-6-34(7-9-36)54-17-19-55(20-18-54)35-10-12-37(13-11-35)65-24-32-23-48(66-25-32,26-56-28-51-27-52-56)41-16-5-33(49)21-42(41)50/h5-16,21-22,27-32,43H,4,17-20,23-26H2,1-3H3,(H,59,60)(H,61,62)/t30-,31?,32+,43-,48-/m0/s1. The van der Waals surface area contributed by atoms with Gasteiger partial charge in [0.1, 0.15) is 53.8 Å². The van der Waals surface area contributed by atoms with Crippen LogP contribution in [0.2, 0.25) is 0 Å². The second-order valence-electron chi connectivity index (χ2n) is 16.8. The van der Waals surface area contributed by atoms with Crippen molar-refractivity contribution < 1.29 is 57.1 Å². The Morgan fingerprint density at radius 1 is 0.812 bits per heavy atom. The molecular weight excluding hydrogens is 903 g/mol. The number of ether oxygens (including phenoxy) is 5. The van der Waals surface area contributed by atoms with Gasteiger partial charge in [0.15, 0.2) is 0 Å². The van der Waals surface area contributed by atoms with E-state index in [1.807, 2.05) is 55.5 Å². The van der Waals surface area contributed by atoms with Crippen molar-refractivity contribution in [2.24, 2.45) is 5.92 Å². The van der Waals surface area contributed by atoms with E-state index in [-0.39, 0.29) is 23.8 Å². The number of hydrogen-bond donors (Lipinski definition) is 2. The predicted octanol–water partition coefficient (Wildman–Crippen LogP) is 6.56. The molecule has 1 unspecified atom stereocenters. The van der Waals surface area contributed by atoms with Gasteiger partial charge in [0.05, 0.1) is 42.6 Å². The van der Waals surface area contributed by atoms with E-state index in [1.54, 1.807) is 11.6 Å². The maximum absolute atomic E-state index is 15.1. The van der Waals surface area contributed by atoms with Crippen LogP contribution in [0, 0.1) is 17.6 Å². The zero-order chi connectivity index (χ0) is 48.8. The number of benzene rings is 4. The van der Waals surface area contributed by atoms with Gasteiger partial charge in [-0.25, -0.2) is 46.9 Å². The second-order valence-corrected chi connectivity index (χ2v) is 16.8. The lowest BCUT2D eigenvalue weighted by Crippen LogP contribution is -2.46. The molecule has 69 heavy (non-hydrogen) atoms. The summed E-state index contributed by atoms with van der Waals surface area (Å²) < 4.78 is 61.7. The normalized spacial score (nSPS) is 18.3. The van der Waals surface area contributed by atoms with Crippen LogP contribution in [0.5, 0.6) is 11.5 Å². The van der Waals surface area contributed by atoms with Crippen molar-refractivity contribution in [3.05, 3.63) is 143 Å². The Bertz CT molecular complexity index is 2820. The molecule has 0 amide bonds. The number of piperazine rings is 1. The Balaban J connectivity index is 0.806. The van der Waals surface area contributed by atoms with Crippen LogP contribution >= 0.6 is 0 Å². The molecule has 19 nitrogen and oxygen atoms in total. The zero-order valence-electron chi connectivity index (χ0n) is 37.9. The summed E-state index contributed by atoms with van der Waals surface area (Å²) in [4.78, 5) is 57.8. The van der Waals surface area contributed by atoms with E-state index < -0.39 is 70.6 Å². The number of carboxylic acid groups (broad SMARTS) is 2. The van der Waals surface area contributed by atoms with Gasteiger partial charge >= 0.3 is 23.8 Å². The molecule has 4 aromatic carbocycles. The first-order chi connectivity index (χ1) is 33.2. The van der Waals surface area contributed by atoms with Crippen LogP contribution in [0.1, 0.15) is 65.9 Å². The van der Waals surface area contributed by atoms with Crippen molar-refractivity contribution >= 4 is 29.5 Å². The monoisotopic (exact) mass is 952 g/mol. The van der Waals surface area contributed by atoms with Crippen LogP contribution in [0.25, 0.3) is 5.69 Å². The Morgan fingerprint density at radius 3 is 2.09 bits per heavy atom. The third-order valence-electron chi connectivity index (χ3n) is 12.2. The topological polar surface area (TPSA) is 215 Å². The van der Waals surface area contributed by atoms with E-state index in [0.29, 0.717) is 37.5 Å². The van der Waals surface area contributed by atoms with E-state index in [4.69, 9.17) is 23.7 Å². The average molecular weight is 953 g/mol. The summed E-state index contributed by atoms with van der Waals surface area (Å²) in [7, 11) is 0. The molecule has 2 aromatic heterocycles. The molecule has 2 N–H and O–H groups in total. The number of aromatic nitrogens is 6. The number of nitrogens with zero attached hydrogens (tertiary/aromatic N) is 8. The highest BCUT2D eigenvalue weighted by Gasteiger charge is 2.45. The number of carbonyl (C=O) groups excluding carboxylic acids is 1. The molecule has 0 spiro atoms. The van der Waals surface area contributed by atoms with Gasteiger partial charge in [0, 0.05) is 62.0 Å². The Labute approximate surface area is 394 Å². The van der Waals surface area contributed by atoms with Gasteiger partial charge < -0.3 is 43.7 Å². The maximum atomic E-state index is 15.1. The molecule has 2 aliphatic rings. The largest absolute Gasteiger partial charge is 0.511 e. The highest BCUT2D eigenvalue weighted by atomic mass is 19.1. The Morgan fingerprint density at radius 2 is 1.46 bits per heavy atom. The van der Waals surface area contributed by atoms with Gasteiger partial charge in [0.2, 0.25) is 6.29 Å². The Hall–Kier alpha value is -7.81. The van der Waals surface area contributed by atoms with Crippen molar-refractivity contribution in [2.75, 3.05) is 49.2 Å². The van der Waals surface area contributed by atoms with Crippen LogP contribution in [0.15, 0.2) is 109 Å². The van der Waals surface area contributed by atoms with E-state index >= 15 is 4.39 Å². The number of halogens is 2. The predicted molar refractivity (Wildman–Crippen MR) is 243 cm³/mol. The smallest absolute Gasteiger partial charge is 0.493 e. The van der Waals surface area contributed by atoms with Crippen molar-refractivity contribution in [1.29, 1.82) is 0 Å². The number of carbonyl (C=O) groups is 3. The molecule has 0 aliphatic carbocycles. The van der Waals surface area contributed by atoms with Crippen LogP contribution in [-0.2, 0) is 26.4 Å². The molecule has 2 fully saturated rings. The first-order valence-corrected chi connectivity index (χ1v) is 22.3. The van der Waals surface area contributed by atoms with E-state index in [0.717, 1.165) is 55.8 Å². The third kappa shape index (κ3) is 10.8. The fourth-order valence-corrected chi connectivity index (χ4v) is 8.79. The molecule has 5 atom stereocenters. The lowest BCUT2D eigenvalue weighted by molar-refractivity contribution is -0.0691. The highest BCUT2D eigenvalue weighted by molar-refractivity contribution is 6.02. The highest BCUT2D eigenvalue weighted by Crippen LogP contribution is 2.42. The maximum Gasteiger partial charge on any atom is 0.511 e. The van der Waals surface area contributed by atoms with Gasteiger partial charge in [-0.05, 0) is 92.6 Å². The molecule has 0 bridgehead atoms. The molecular formula is C48H50F2N8O11. The summed E-state index contributed by atoms with van der Waals surface area (Å²) in [6, 6.07) is 21.7. The average Bonchev–Trinajstić information content (AvgIpc) is 4.10. The summed E-state index contributed by atoms with van der Waals surface area (Å²) in [5.74, 6) is -3.62. The lowest BCUT2D eigenvalue weighted by atomic mass is 9.87. The molecule has 362 valence electrons. The van der Waals surface area contributed by atoms with Gasteiger partial charge in [-0.1, -0.05) is 13.0 Å². The molecule has 6 aromatic rings. The lowest BCUT2D eigenvalue weighted by Gasteiger charge is -2.37. The van der Waals surface area contributed by atoms with Gasteiger partial charge in [-0.3, -0.25) is 0 Å². The summed E-state index contributed by atoms with van der Waals surface area (Å²) in [5.41, 5.74) is 0.499. The van der Waals surface area contributed by atoms with E-state index in [1.165, 1.54) is 53.4 Å². The van der Waals surface area contributed by atoms with Crippen LogP contribution < -0.4 is 25.0 Å². The SMILES string of the molecule is CC[C@@H]([C@H](C)OC(=O)OC(C)Oc1ccc(C(=O)O)c(C(=O)O)c1)n1ncn(-c2ccc(N3CCN(c4ccc(OC[C@@H]5CO[C@@](Cn6cncn6)(c6ccc(F)cc6F)C5)cc4)CC3)cc2)c1=O. The summed E-state index contributed by atoms with van der Waals surface area (Å²) in [6.07, 6.45) is 1.96. The van der Waals surface area contributed by atoms with E-state index in [2.05, 4.69) is 25.0 Å². The molecule has 8 rings (SSSR count). The van der Waals surface area contributed by atoms with Crippen molar-refractivity contribution in [2.45, 2.75) is 64.2 Å². The van der Waals surface area contributed by atoms with E-state index in [9.17, 15) is 33.8 Å². The first-order valence-electron chi connectivity index (χ1n) is 22.3. The quantitative estimate of drug-likeness (QED) is 0.0690. The molecule has 0 radical (unpaired) electrons. The third-order valence-corrected chi connectivity index (χ3v) is 12.2. The van der Waals surface area contributed by atoms with Gasteiger partial charge in [-0.2, -0.15) is 10.2 Å².